The van der Waals surface area contributed by atoms with Crippen molar-refractivity contribution in [2.24, 2.45) is 0 Å². The second-order valence-corrected chi connectivity index (χ2v) is 5.00. The maximum Gasteiger partial charge on any atom is 0.0882 e. The molecular formula is C11H9ClN2S. The Hall–Kier alpha value is -1.06. The first kappa shape index (κ1) is 9.19. The third kappa shape index (κ3) is 1.34. The summed E-state index contributed by atoms with van der Waals surface area (Å²) in [5, 5.41) is 4.18. The molecule has 0 amide bonds. The Morgan fingerprint density at radius 3 is 3.20 bits per heavy atom. The van der Waals surface area contributed by atoms with E-state index in [0.29, 0.717) is 0 Å². The van der Waals surface area contributed by atoms with E-state index in [1.165, 1.54) is 10.4 Å². The number of benzene rings is 1. The van der Waals surface area contributed by atoms with Crippen LogP contribution in [0, 0.1) is 6.92 Å². The molecule has 2 nitrogen and oxygen atoms in total. The van der Waals surface area contributed by atoms with E-state index < -0.39 is 0 Å². The highest BCUT2D eigenvalue weighted by atomic mass is 35.5. The second-order valence-electron chi connectivity index (χ2n) is 3.62. The second kappa shape index (κ2) is 3.22. The topological polar surface area (TPSA) is 24.9 Å². The van der Waals surface area contributed by atoms with Gasteiger partial charge in [0, 0.05) is 16.3 Å². The maximum atomic E-state index is 6.06. The largest absolute Gasteiger partial charge is 0.379 e. The summed E-state index contributed by atoms with van der Waals surface area (Å²) in [5.41, 5.74) is 6.44. The third-order valence-corrected chi connectivity index (χ3v) is 3.67. The molecule has 0 saturated carbocycles. The summed E-state index contributed by atoms with van der Waals surface area (Å²) < 4.78 is 0. The van der Waals surface area contributed by atoms with Gasteiger partial charge in [0.2, 0.25) is 0 Å². The molecule has 0 bridgehead atoms. The summed E-state index contributed by atoms with van der Waals surface area (Å²) in [7, 11) is 0. The van der Waals surface area contributed by atoms with Gasteiger partial charge in [-0.1, -0.05) is 11.6 Å². The van der Waals surface area contributed by atoms with Crippen LogP contribution in [0.3, 0.4) is 0 Å². The standard InChI is InChI=1S/C11H9ClN2S/c1-6-2-7(12)3-8-10(6)13-4-9-11(8)14-5-15-9/h2-3,5,13H,4H2,1H3. The van der Waals surface area contributed by atoms with Gasteiger partial charge >= 0.3 is 0 Å². The predicted molar refractivity (Wildman–Crippen MR) is 64.6 cm³/mol. The highest BCUT2D eigenvalue weighted by Gasteiger charge is 2.19. The molecule has 76 valence electrons. The number of nitrogens with one attached hydrogen (secondary N) is 1. The Bertz CT molecular complexity index is 533. The van der Waals surface area contributed by atoms with E-state index in [2.05, 4.69) is 17.2 Å². The van der Waals surface area contributed by atoms with Gasteiger partial charge in [-0.05, 0) is 24.6 Å². The van der Waals surface area contributed by atoms with E-state index in [9.17, 15) is 0 Å². The Labute approximate surface area is 96.9 Å². The van der Waals surface area contributed by atoms with Crippen LogP contribution in [0.1, 0.15) is 10.4 Å². The van der Waals surface area contributed by atoms with E-state index in [4.69, 9.17) is 11.6 Å². The zero-order valence-corrected chi connectivity index (χ0v) is 9.75. The first-order valence-corrected chi connectivity index (χ1v) is 5.98. The maximum absolute atomic E-state index is 6.06. The number of halogens is 1. The molecule has 4 heteroatoms. The summed E-state index contributed by atoms with van der Waals surface area (Å²) in [6.07, 6.45) is 0. The Balaban J connectivity index is 2.32. The van der Waals surface area contributed by atoms with Gasteiger partial charge in [0.25, 0.3) is 0 Å². The Morgan fingerprint density at radius 1 is 1.47 bits per heavy atom. The fraction of sp³-hybridized carbons (Fsp3) is 0.182. The molecule has 1 aliphatic rings. The number of aryl methyl sites for hydroxylation is 1. The lowest BCUT2D eigenvalue weighted by Gasteiger charge is -2.19. The van der Waals surface area contributed by atoms with Crippen LogP contribution in [0.15, 0.2) is 17.6 Å². The lowest BCUT2D eigenvalue weighted by atomic mass is 10.0. The lowest BCUT2D eigenvalue weighted by molar-refractivity contribution is 1.14. The average molecular weight is 237 g/mol. The molecule has 0 spiro atoms. The predicted octanol–water partition coefficient (Wildman–Crippen LogP) is 3.70. The quantitative estimate of drug-likeness (QED) is 0.755. The molecule has 0 unspecified atom stereocenters. The van der Waals surface area contributed by atoms with Gasteiger partial charge in [-0.3, -0.25) is 0 Å². The molecule has 0 saturated heterocycles. The SMILES string of the molecule is Cc1cc(Cl)cc2c1NCc1scnc1-2. The zero-order chi connectivity index (χ0) is 10.4. The highest BCUT2D eigenvalue weighted by Crippen LogP contribution is 2.39. The van der Waals surface area contributed by atoms with Crippen LogP contribution in [0.2, 0.25) is 5.02 Å². The summed E-state index contributed by atoms with van der Waals surface area (Å²) in [6.45, 7) is 2.94. The first-order valence-electron chi connectivity index (χ1n) is 4.72. The summed E-state index contributed by atoms with van der Waals surface area (Å²) >= 11 is 7.75. The average Bonchev–Trinajstić information content (AvgIpc) is 2.65. The molecule has 0 radical (unpaired) electrons. The van der Waals surface area contributed by atoms with Gasteiger partial charge in [-0.25, -0.2) is 4.98 Å². The molecule has 1 aromatic carbocycles. The number of hydrogen-bond acceptors (Lipinski definition) is 3. The molecule has 1 N–H and O–H groups in total. The molecule has 15 heavy (non-hydrogen) atoms. The first-order chi connectivity index (χ1) is 7.25. The van der Waals surface area contributed by atoms with E-state index in [1.807, 2.05) is 17.6 Å². The minimum absolute atomic E-state index is 0.772. The van der Waals surface area contributed by atoms with Gasteiger partial charge in [0.1, 0.15) is 0 Å². The molecular weight excluding hydrogens is 228 g/mol. The highest BCUT2D eigenvalue weighted by molar-refractivity contribution is 7.10. The molecule has 0 aliphatic carbocycles. The number of fused-ring (bicyclic) bond motifs is 3. The van der Waals surface area contributed by atoms with Crippen LogP contribution in [-0.4, -0.2) is 4.98 Å². The normalized spacial score (nSPS) is 12.9. The van der Waals surface area contributed by atoms with E-state index >= 15 is 0 Å². The molecule has 0 atom stereocenters. The summed E-state index contributed by atoms with van der Waals surface area (Å²) in [4.78, 5) is 5.68. The monoisotopic (exact) mass is 236 g/mol. The number of rotatable bonds is 0. The van der Waals surface area contributed by atoms with Gasteiger partial charge in [0.15, 0.2) is 0 Å². The smallest absolute Gasteiger partial charge is 0.0882 e. The van der Waals surface area contributed by atoms with Crippen molar-refractivity contribution in [3.63, 3.8) is 0 Å². The molecule has 2 aromatic rings. The Kier molecular flexibility index (Phi) is 1.97. The van der Waals surface area contributed by atoms with Crippen molar-refractivity contribution in [2.45, 2.75) is 13.5 Å². The third-order valence-electron chi connectivity index (χ3n) is 2.62. The summed E-state index contributed by atoms with van der Waals surface area (Å²) in [6, 6.07) is 3.96. The van der Waals surface area contributed by atoms with E-state index in [0.717, 1.165) is 28.5 Å². The van der Waals surface area contributed by atoms with Crippen LogP contribution in [0.4, 0.5) is 5.69 Å². The summed E-state index contributed by atoms with van der Waals surface area (Å²) in [5.74, 6) is 0. The number of hydrogen-bond donors (Lipinski definition) is 1. The number of aromatic nitrogens is 1. The van der Waals surface area contributed by atoms with Crippen molar-refractivity contribution in [3.05, 3.63) is 33.1 Å². The van der Waals surface area contributed by atoms with Crippen LogP contribution in [0.25, 0.3) is 11.3 Å². The minimum atomic E-state index is 0.772. The number of anilines is 1. The Morgan fingerprint density at radius 2 is 2.33 bits per heavy atom. The lowest BCUT2D eigenvalue weighted by Crippen LogP contribution is -2.08. The molecule has 0 fully saturated rings. The van der Waals surface area contributed by atoms with Crippen LogP contribution in [-0.2, 0) is 6.54 Å². The van der Waals surface area contributed by atoms with Crippen LogP contribution in [0.5, 0.6) is 0 Å². The van der Waals surface area contributed by atoms with Crippen molar-refractivity contribution in [2.75, 3.05) is 5.32 Å². The van der Waals surface area contributed by atoms with E-state index in [-0.39, 0.29) is 0 Å². The zero-order valence-electron chi connectivity index (χ0n) is 8.17. The van der Waals surface area contributed by atoms with Gasteiger partial charge in [-0.2, -0.15) is 0 Å². The van der Waals surface area contributed by atoms with Crippen LogP contribution >= 0.6 is 22.9 Å². The van der Waals surface area contributed by atoms with Crippen molar-refractivity contribution in [1.82, 2.24) is 4.98 Å². The van der Waals surface area contributed by atoms with Gasteiger partial charge in [0.05, 0.1) is 22.6 Å². The van der Waals surface area contributed by atoms with E-state index in [1.54, 1.807) is 11.3 Å². The fourth-order valence-corrected chi connectivity index (χ4v) is 2.94. The fourth-order valence-electron chi connectivity index (χ4n) is 1.95. The van der Waals surface area contributed by atoms with Crippen molar-refractivity contribution < 1.29 is 0 Å². The van der Waals surface area contributed by atoms with Gasteiger partial charge in [-0.15, -0.1) is 11.3 Å². The van der Waals surface area contributed by atoms with Crippen molar-refractivity contribution >= 4 is 28.6 Å². The molecule has 1 aromatic heterocycles. The van der Waals surface area contributed by atoms with Crippen molar-refractivity contribution in [3.8, 4) is 11.3 Å². The van der Waals surface area contributed by atoms with Crippen molar-refractivity contribution in [1.29, 1.82) is 0 Å². The molecule has 3 rings (SSSR count). The van der Waals surface area contributed by atoms with Gasteiger partial charge < -0.3 is 5.32 Å². The number of thiazole rings is 1. The molecule has 1 aliphatic heterocycles. The number of nitrogens with zero attached hydrogens (tertiary/aromatic N) is 1. The minimum Gasteiger partial charge on any atom is -0.379 e. The van der Waals surface area contributed by atoms with Crippen LogP contribution < -0.4 is 5.32 Å². The molecule has 2 heterocycles.